The zero-order chi connectivity index (χ0) is 20.4. The first-order valence-corrected chi connectivity index (χ1v) is 11.0. The van der Waals surface area contributed by atoms with E-state index in [4.69, 9.17) is 17.3 Å². The molecule has 29 heavy (non-hydrogen) atoms. The Labute approximate surface area is 174 Å². The van der Waals surface area contributed by atoms with Crippen LogP contribution >= 0.6 is 11.6 Å². The maximum Gasteiger partial charge on any atom is 0.227 e. The molecule has 0 atom stereocenters. The predicted octanol–water partition coefficient (Wildman–Crippen LogP) is 2.87. The van der Waals surface area contributed by atoms with Crippen LogP contribution in [0.4, 0.5) is 17.5 Å². The molecule has 0 amide bonds. The van der Waals surface area contributed by atoms with Gasteiger partial charge in [-0.1, -0.05) is 35.9 Å². The van der Waals surface area contributed by atoms with E-state index in [1.54, 1.807) is 18.2 Å². The van der Waals surface area contributed by atoms with Crippen LogP contribution in [0.25, 0.3) is 0 Å². The second-order valence-corrected chi connectivity index (χ2v) is 9.04. The summed E-state index contributed by atoms with van der Waals surface area (Å²) in [6, 6.07) is 15.9. The third kappa shape index (κ3) is 3.99. The molecule has 1 fully saturated rings. The molecule has 0 saturated carbocycles. The molecule has 0 radical (unpaired) electrons. The zero-order valence-corrected chi connectivity index (χ0v) is 17.1. The lowest BCUT2D eigenvalue weighted by molar-refractivity contribution is 0.595. The van der Waals surface area contributed by atoms with E-state index in [2.05, 4.69) is 14.9 Å². The maximum absolute atomic E-state index is 12.8. The average molecular weight is 430 g/mol. The van der Waals surface area contributed by atoms with Crippen molar-refractivity contribution in [3.8, 4) is 0 Å². The fraction of sp³-hybridized carbons (Fsp3) is 0.200. The van der Waals surface area contributed by atoms with Crippen LogP contribution < -0.4 is 15.5 Å². The highest BCUT2D eigenvalue weighted by atomic mass is 35.5. The van der Waals surface area contributed by atoms with Gasteiger partial charge in [-0.2, -0.15) is 4.98 Å². The van der Waals surface area contributed by atoms with Gasteiger partial charge in [-0.3, -0.25) is 0 Å². The summed E-state index contributed by atoms with van der Waals surface area (Å²) in [6.45, 7) is 2.93. The number of hydrogen-bond acceptors (Lipinski definition) is 7. The molecule has 0 bridgehead atoms. The van der Waals surface area contributed by atoms with E-state index in [1.807, 2.05) is 29.2 Å². The summed E-state index contributed by atoms with van der Waals surface area (Å²) in [5, 5.41) is 0.705. The molecule has 3 aromatic rings. The first-order valence-electron chi connectivity index (χ1n) is 9.13. The van der Waals surface area contributed by atoms with E-state index in [9.17, 15) is 8.42 Å². The van der Waals surface area contributed by atoms with Crippen molar-refractivity contribution >= 4 is 38.9 Å². The second-order valence-electron chi connectivity index (χ2n) is 6.69. The number of halogens is 1. The fourth-order valence-corrected chi connectivity index (χ4v) is 4.76. The Kier molecular flexibility index (Phi) is 5.29. The molecule has 1 saturated heterocycles. The topological polar surface area (TPSA) is 92.4 Å². The minimum Gasteiger partial charge on any atom is -0.382 e. The van der Waals surface area contributed by atoms with E-state index in [1.165, 1.54) is 18.3 Å². The summed E-state index contributed by atoms with van der Waals surface area (Å²) in [5.41, 5.74) is 7.08. The number of hydrogen-bond donors (Lipinski definition) is 1. The van der Waals surface area contributed by atoms with Gasteiger partial charge in [0.05, 0.1) is 11.1 Å². The van der Waals surface area contributed by atoms with E-state index < -0.39 is 9.84 Å². The Morgan fingerprint density at radius 3 is 2.28 bits per heavy atom. The molecular weight excluding hydrogens is 410 g/mol. The van der Waals surface area contributed by atoms with Gasteiger partial charge in [0, 0.05) is 36.9 Å². The van der Waals surface area contributed by atoms with E-state index >= 15 is 0 Å². The summed E-state index contributed by atoms with van der Waals surface area (Å²) < 4.78 is 25.6. The molecule has 1 aliphatic rings. The van der Waals surface area contributed by atoms with Gasteiger partial charge in [0.2, 0.25) is 15.8 Å². The molecule has 1 aliphatic heterocycles. The second kappa shape index (κ2) is 7.88. The number of piperazine rings is 1. The molecule has 2 N–H and O–H groups in total. The van der Waals surface area contributed by atoms with E-state index in [0.717, 1.165) is 18.8 Å². The van der Waals surface area contributed by atoms with Crippen LogP contribution in [0.15, 0.2) is 70.6 Å². The summed E-state index contributed by atoms with van der Waals surface area (Å²) in [6.07, 6.45) is 1.29. The average Bonchev–Trinajstić information content (AvgIpc) is 2.74. The Bertz CT molecular complexity index is 1120. The minimum atomic E-state index is -3.76. The summed E-state index contributed by atoms with van der Waals surface area (Å²) in [4.78, 5) is 12.9. The van der Waals surface area contributed by atoms with Gasteiger partial charge < -0.3 is 15.5 Å². The van der Waals surface area contributed by atoms with Gasteiger partial charge >= 0.3 is 0 Å². The number of aromatic nitrogens is 2. The van der Waals surface area contributed by atoms with Crippen LogP contribution in [-0.2, 0) is 9.84 Å². The summed E-state index contributed by atoms with van der Waals surface area (Å²) in [5.74, 6) is 0.386. The molecule has 2 aromatic carbocycles. The van der Waals surface area contributed by atoms with Gasteiger partial charge in [0.15, 0.2) is 0 Å². The third-order valence-electron chi connectivity index (χ3n) is 4.85. The Morgan fingerprint density at radius 1 is 0.931 bits per heavy atom. The highest BCUT2D eigenvalue weighted by Gasteiger charge is 2.25. The molecule has 0 aliphatic carbocycles. The largest absolute Gasteiger partial charge is 0.382 e. The lowest BCUT2D eigenvalue weighted by atomic mass is 10.2. The summed E-state index contributed by atoms with van der Waals surface area (Å²) >= 11 is 6.08. The van der Waals surface area contributed by atoms with Crippen molar-refractivity contribution in [1.29, 1.82) is 0 Å². The first kappa shape index (κ1) is 19.5. The van der Waals surface area contributed by atoms with Crippen molar-refractivity contribution in [2.75, 3.05) is 41.7 Å². The summed E-state index contributed by atoms with van der Waals surface area (Å²) in [7, 11) is -3.76. The molecule has 2 heterocycles. The van der Waals surface area contributed by atoms with Crippen molar-refractivity contribution in [3.63, 3.8) is 0 Å². The number of benzene rings is 2. The van der Waals surface area contributed by atoms with Gasteiger partial charge in [0.25, 0.3) is 0 Å². The van der Waals surface area contributed by atoms with Crippen LogP contribution in [0.1, 0.15) is 0 Å². The van der Waals surface area contributed by atoms with Gasteiger partial charge in [-0.05, 0) is 30.3 Å². The van der Waals surface area contributed by atoms with Crippen molar-refractivity contribution in [2.45, 2.75) is 9.79 Å². The Hall–Kier alpha value is -2.84. The molecule has 7 nitrogen and oxygen atoms in total. The number of nitrogens with two attached hydrogens (primary N) is 1. The molecule has 0 unspecified atom stereocenters. The molecular formula is C20H20ClN5O2S. The number of nitrogens with zero attached hydrogens (tertiary/aromatic N) is 4. The van der Waals surface area contributed by atoms with Gasteiger partial charge in [-0.25, -0.2) is 13.4 Å². The highest BCUT2D eigenvalue weighted by molar-refractivity contribution is 7.91. The minimum absolute atomic E-state index is 0.0453. The Balaban J connectivity index is 1.51. The predicted molar refractivity (Wildman–Crippen MR) is 114 cm³/mol. The van der Waals surface area contributed by atoms with Crippen LogP contribution in [0.2, 0.25) is 5.02 Å². The van der Waals surface area contributed by atoms with Crippen LogP contribution in [-0.4, -0.2) is 44.6 Å². The molecule has 150 valence electrons. The molecule has 9 heteroatoms. The van der Waals surface area contributed by atoms with Crippen molar-refractivity contribution in [2.24, 2.45) is 0 Å². The number of nitrogen functional groups attached to an aromatic ring is 1. The highest BCUT2D eigenvalue weighted by Crippen LogP contribution is 2.26. The lowest BCUT2D eigenvalue weighted by Crippen LogP contribution is -2.47. The van der Waals surface area contributed by atoms with Crippen molar-refractivity contribution < 1.29 is 8.42 Å². The smallest absolute Gasteiger partial charge is 0.227 e. The van der Waals surface area contributed by atoms with Crippen molar-refractivity contribution in [1.82, 2.24) is 9.97 Å². The molecule has 1 aromatic heterocycles. The lowest BCUT2D eigenvalue weighted by Gasteiger charge is -2.36. The normalized spacial score (nSPS) is 14.8. The fourth-order valence-electron chi connectivity index (χ4n) is 3.30. The van der Waals surface area contributed by atoms with Gasteiger partial charge in [-0.15, -0.1) is 0 Å². The van der Waals surface area contributed by atoms with Crippen LogP contribution in [0, 0.1) is 0 Å². The SMILES string of the molecule is Nc1nc(N2CCN(c3cccc(Cl)c3)CC2)ncc1S(=O)(=O)c1ccccc1. The van der Waals surface area contributed by atoms with Crippen molar-refractivity contribution in [3.05, 3.63) is 65.8 Å². The quantitative estimate of drug-likeness (QED) is 0.681. The molecule has 4 rings (SSSR count). The van der Waals surface area contributed by atoms with E-state index in [-0.39, 0.29) is 15.6 Å². The van der Waals surface area contributed by atoms with E-state index in [0.29, 0.717) is 24.1 Å². The Morgan fingerprint density at radius 2 is 1.62 bits per heavy atom. The van der Waals surface area contributed by atoms with Crippen LogP contribution in [0.3, 0.4) is 0 Å². The molecule has 0 spiro atoms. The number of anilines is 3. The van der Waals surface area contributed by atoms with Gasteiger partial charge in [0.1, 0.15) is 10.7 Å². The number of sulfone groups is 1. The third-order valence-corrected chi connectivity index (χ3v) is 6.87. The number of rotatable bonds is 4. The zero-order valence-electron chi connectivity index (χ0n) is 15.6. The monoisotopic (exact) mass is 429 g/mol. The van der Waals surface area contributed by atoms with Crippen LogP contribution in [0.5, 0.6) is 0 Å². The standard InChI is InChI=1S/C20H20ClN5O2S/c21-15-5-4-6-16(13-15)25-9-11-26(12-10-25)20-23-14-18(19(22)24-20)29(27,28)17-7-2-1-3-8-17/h1-8,13-14H,9-12H2,(H2,22,23,24). The maximum atomic E-state index is 12.8. The first-order chi connectivity index (χ1) is 13.9.